The van der Waals surface area contributed by atoms with E-state index in [0.717, 1.165) is 4.88 Å². The van der Waals surface area contributed by atoms with E-state index in [1.54, 1.807) is 18.0 Å². The van der Waals surface area contributed by atoms with Gasteiger partial charge in [-0.3, -0.25) is 10.1 Å². The Morgan fingerprint density at radius 2 is 2.30 bits per heavy atom. The molecule has 2 aromatic heterocycles. The third-order valence-electron chi connectivity index (χ3n) is 3.15. The fourth-order valence-corrected chi connectivity index (χ4v) is 2.93. The van der Waals surface area contributed by atoms with Crippen LogP contribution < -0.4 is 9.64 Å². The second-order valence-corrected chi connectivity index (χ2v) is 6.39. The van der Waals surface area contributed by atoms with Gasteiger partial charge in [-0.15, -0.1) is 11.3 Å². The number of nitrogens with zero attached hydrogens (tertiary/aromatic N) is 4. The van der Waals surface area contributed by atoms with Crippen molar-refractivity contribution in [2.75, 3.05) is 18.6 Å². The lowest BCUT2D eigenvalue weighted by Crippen LogP contribution is -2.36. The number of rotatable bonds is 7. The van der Waals surface area contributed by atoms with E-state index in [0.29, 0.717) is 4.47 Å². The van der Waals surface area contributed by atoms with Crippen LogP contribution in [0.2, 0.25) is 4.47 Å². The third kappa shape index (κ3) is 4.06. The van der Waals surface area contributed by atoms with Crippen molar-refractivity contribution in [2.24, 2.45) is 0 Å². The van der Waals surface area contributed by atoms with Crippen LogP contribution in [0.4, 0.5) is 11.5 Å². The van der Waals surface area contributed by atoms with Crippen LogP contribution in [0.1, 0.15) is 11.8 Å². The van der Waals surface area contributed by atoms with Crippen LogP contribution in [0.3, 0.4) is 0 Å². The van der Waals surface area contributed by atoms with Gasteiger partial charge in [-0.1, -0.05) is 11.6 Å². The van der Waals surface area contributed by atoms with Crippen molar-refractivity contribution in [3.05, 3.63) is 37.8 Å². The summed E-state index contributed by atoms with van der Waals surface area (Å²) in [4.78, 5) is 21.4. The maximum absolute atomic E-state index is 11.3. The second-order valence-electron chi connectivity index (χ2n) is 4.69. The summed E-state index contributed by atoms with van der Waals surface area (Å²) in [6.45, 7) is 1.84. The summed E-state index contributed by atoms with van der Waals surface area (Å²) in [6, 6.07) is 2.36. The van der Waals surface area contributed by atoms with Gasteiger partial charge in [0.15, 0.2) is 4.47 Å². The molecule has 1 atom stereocenters. The highest BCUT2D eigenvalue weighted by Crippen LogP contribution is 2.32. The number of hydrogen-bond acceptors (Lipinski definition) is 8. The first-order chi connectivity index (χ1) is 11.0. The quantitative estimate of drug-likeness (QED) is 0.599. The van der Waals surface area contributed by atoms with E-state index in [-0.39, 0.29) is 30.5 Å². The van der Waals surface area contributed by atoms with Crippen LogP contribution in [-0.4, -0.2) is 39.8 Å². The molecule has 124 valence electrons. The van der Waals surface area contributed by atoms with Crippen LogP contribution in [-0.2, 0) is 6.54 Å². The van der Waals surface area contributed by atoms with Crippen molar-refractivity contribution in [1.82, 2.24) is 9.97 Å². The Bertz CT molecular complexity index is 696. The SMILES string of the molecule is COc1ccc([N+](=O)[O-])c(N(Cc2cnc(Cl)s2)C(C)CO)n1. The van der Waals surface area contributed by atoms with Crippen LogP contribution in [0.15, 0.2) is 18.3 Å². The van der Waals surface area contributed by atoms with Crippen molar-refractivity contribution in [3.8, 4) is 5.88 Å². The molecule has 0 radical (unpaired) electrons. The molecule has 2 rings (SSSR count). The number of methoxy groups -OCH3 is 1. The van der Waals surface area contributed by atoms with Gasteiger partial charge in [0.1, 0.15) is 0 Å². The molecule has 0 aliphatic carbocycles. The maximum atomic E-state index is 11.3. The average molecular weight is 359 g/mol. The van der Waals surface area contributed by atoms with Gasteiger partial charge in [0.2, 0.25) is 11.7 Å². The fraction of sp³-hybridized carbons (Fsp3) is 0.385. The molecule has 0 saturated heterocycles. The van der Waals surface area contributed by atoms with E-state index in [4.69, 9.17) is 16.3 Å². The van der Waals surface area contributed by atoms with Crippen LogP contribution in [0, 0.1) is 10.1 Å². The van der Waals surface area contributed by atoms with E-state index in [1.807, 2.05) is 0 Å². The zero-order valence-electron chi connectivity index (χ0n) is 12.5. The molecule has 23 heavy (non-hydrogen) atoms. The highest BCUT2D eigenvalue weighted by atomic mass is 35.5. The summed E-state index contributed by atoms with van der Waals surface area (Å²) in [5.74, 6) is 0.378. The van der Waals surface area contributed by atoms with Crippen LogP contribution >= 0.6 is 22.9 Å². The Morgan fingerprint density at radius 3 is 2.83 bits per heavy atom. The van der Waals surface area contributed by atoms with E-state index in [1.165, 1.54) is 30.6 Å². The number of halogens is 1. The molecule has 1 N–H and O–H groups in total. The lowest BCUT2D eigenvalue weighted by Gasteiger charge is -2.28. The number of aromatic nitrogens is 2. The van der Waals surface area contributed by atoms with E-state index in [2.05, 4.69) is 9.97 Å². The first-order valence-electron chi connectivity index (χ1n) is 6.63. The lowest BCUT2D eigenvalue weighted by molar-refractivity contribution is -0.384. The molecule has 0 bridgehead atoms. The topological polar surface area (TPSA) is 102 Å². The minimum absolute atomic E-state index is 0.125. The highest BCUT2D eigenvalue weighted by Gasteiger charge is 2.26. The Hall–Kier alpha value is -1.97. The second kappa shape index (κ2) is 7.53. The summed E-state index contributed by atoms with van der Waals surface area (Å²) in [5.41, 5.74) is -0.165. The molecular weight excluding hydrogens is 344 g/mol. The zero-order chi connectivity index (χ0) is 17.0. The summed E-state index contributed by atoms with van der Waals surface area (Å²) in [7, 11) is 1.43. The third-order valence-corrected chi connectivity index (χ3v) is 4.25. The minimum atomic E-state index is -0.515. The van der Waals surface area contributed by atoms with Crippen molar-refractivity contribution < 1.29 is 14.8 Å². The minimum Gasteiger partial charge on any atom is -0.481 e. The molecule has 0 saturated carbocycles. The monoisotopic (exact) mass is 358 g/mol. The molecule has 0 aliphatic rings. The standard InChI is InChI=1S/C13H15ClN4O4S/c1-8(7-19)17(6-9-5-15-13(14)23-9)12-10(18(20)21)3-4-11(16-12)22-2/h3-5,8,19H,6-7H2,1-2H3. The van der Waals surface area contributed by atoms with Gasteiger partial charge in [0.05, 0.1) is 31.2 Å². The number of pyridine rings is 1. The Kier molecular flexibility index (Phi) is 5.69. The van der Waals surface area contributed by atoms with Gasteiger partial charge < -0.3 is 14.7 Å². The summed E-state index contributed by atoms with van der Waals surface area (Å²) >= 11 is 7.09. The summed E-state index contributed by atoms with van der Waals surface area (Å²) in [5, 5.41) is 20.8. The number of aliphatic hydroxyl groups is 1. The first kappa shape index (κ1) is 17.4. The van der Waals surface area contributed by atoms with Gasteiger partial charge in [0, 0.05) is 23.2 Å². The molecule has 8 nitrogen and oxygen atoms in total. The molecular formula is C13H15ClN4O4S. The first-order valence-corrected chi connectivity index (χ1v) is 7.82. The lowest BCUT2D eigenvalue weighted by atomic mass is 10.2. The number of hydrogen-bond donors (Lipinski definition) is 1. The normalized spacial score (nSPS) is 12.0. The Morgan fingerprint density at radius 1 is 1.57 bits per heavy atom. The molecule has 0 fully saturated rings. The molecule has 0 aromatic carbocycles. The Labute approximate surface area is 141 Å². The predicted octanol–water partition coefficient (Wildman–Crippen LogP) is 2.50. The smallest absolute Gasteiger partial charge is 0.311 e. The van der Waals surface area contributed by atoms with Gasteiger partial charge >= 0.3 is 5.69 Å². The van der Waals surface area contributed by atoms with Crippen LogP contribution in [0.5, 0.6) is 5.88 Å². The molecule has 10 heteroatoms. The Balaban J connectivity index is 2.47. The molecule has 1 unspecified atom stereocenters. The van der Waals surface area contributed by atoms with Crippen LogP contribution in [0.25, 0.3) is 0 Å². The highest BCUT2D eigenvalue weighted by molar-refractivity contribution is 7.15. The molecule has 0 amide bonds. The molecule has 2 heterocycles. The molecule has 0 aliphatic heterocycles. The largest absolute Gasteiger partial charge is 0.481 e. The van der Waals surface area contributed by atoms with E-state index >= 15 is 0 Å². The summed E-state index contributed by atoms with van der Waals surface area (Å²) in [6.07, 6.45) is 1.59. The predicted molar refractivity (Wildman–Crippen MR) is 87.3 cm³/mol. The zero-order valence-corrected chi connectivity index (χ0v) is 14.0. The molecule has 0 spiro atoms. The fourth-order valence-electron chi connectivity index (χ4n) is 1.95. The van der Waals surface area contributed by atoms with Gasteiger partial charge in [0.25, 0.3) is 0 Å². The van der Waals surface area contributed by atoms with Crippen molar-refractivity contribution in [2.45, 2.75) is 19.5 Å². The molecule has 2 aromatic rings. The van der Waals surface area contributed by atoms with E-state index in [9.17, 15) is 15.2 Å². The average Bonchev–Trinajstić information content (AvgIpc) is 2.96. The number of anilines is 1. The number of nitro groups is 1. The number of thiazole rings is 1. The van der Waals surface area contributed by atoms with Crippen molar-refractivity contribution >= 4 is 34.4 Å². The van der Waals surface area contributed by atoms with Gasteiger partial charge in [-0.05, 0) is 6.92 Å². The van der Waals surface area contributed by atoms with Gasteiger partial charge in [-0.25, -0.2) is 4.98 Å². The maximum Gasteiger partial charge on any atom is 0.311 e. The van der Waals surface area contributed by atoms with Crippen molar-refractivity contribution in [3.63, 3.8) is 0 Å². The summed E-state index contributed by atoms with van der Waals surface area (Å²) < 4.78 is 5.43. The van der Waals surface area contributed by atoms with Crippen molar-refractivity contribution in [1.29, 1.82) is 0 Å². The van der Waals surface area contributed by atoms with Gasteiger partial charge in [-0.2, -0.15) is 4.98 Å². The van der Waals surface area contributed by atoms with E-state index < -0.39 is 11.0 Å². The number of aliphatic hydroxyl groups excluding tert-OH is 1. The number of ether oxygens (including phenoxy) is 1.